The van der Waals surface area contributed by atoms with Gasteiger partial charge in [-0.25, -0.2) is 23.1 Å². The number of nitrogens with one attached hydrogen (secondary N) is 1. The Kier molecular flexibility index (Phi) is 5.34. The van der Waals surface area contributed by atoms with Crippen molar-refractivity contribution >= 4 is 11.7 Å². The molecule has 2 fully saturated rings. The molecule has 2 unspecified atom stereocenters. The number of nitrogens with two attached hydrogens (primary N) is 1. The Morgan fingerprint density at radius 2 is 2.03 bits per heavy atom. The predicted molar refractivity (Wildman–Crippen MR) is 105 cm³/mol. The van der Waals surface area contributed by atoms with Crippen molar-refractivity contribution in [2.24, 2.45) is 23.0 Å². The first-order valence-electron chi connectivity index (χ1n) is 10.4. The van der Waals surface area contributed by atoms with Gasteiger partial charge in [0.15, 0.2) is 5.65 Å². The first-order valence-corrected chi connectivity index (χ1v) is 10.4. The lowest BCUT2D eigenvalue weighted by Gasteiger charge is -2.28. The van der Waals surface area contributed by atoms with E-state index in [9.17, 15) is 26.7 Å². The zero-order valence-corrected chi connectivity index (χ0v) is 17.7. The first-order chi connectivity index (χ1) is 14.8. The summed E-state index contributed by atoms with van der Waals surface area (Å²) in [5.74, 6) is -4.44. The summed E-state index contributed by atoms with van der Waals surface area (Å²) in [6.45, 7) is 2.26. The molecule has 3 N–H and O–H groups in total. The summed E-state index contributed by atoms with van der Waals surface area (Å²) < 4.78 is 68.1. The summed E-state index contributed by atoms with van der Waals surface area (Å²) in [5.41, 5.74) is 5.62. The lowest BCUT2D eigenvalue weighted by Crippen LogP contribution is -2.40. The molecule has 3 heterocycles. The fourth-order valence-corrected chi connectivity index (χ4v) is 3.98. The fourth-order valence-electron chi connectivity index (χ4n) is 3.98. The molecule has 0 spiro atoms. The highest BCUT2D eigenvalue weighted by Gasteiger charge is 2.69. The summed E-state index contributed by atoms with van der Waals surface area (Å²) in [7, 11) is 0. The quantitative estimate of drug-likeness (QED) is 0.646. The number of fused-ring (bicyclic) bond motifs is 2. The van der Waals surface area contributed by atoms with Gasteiger partial charge in [0.1, 0.15) is 0 Å². The third kappa shape index (κ3) is 4.12. The van der Waals surface area contributed by atoms with E-state index in [-0.39, 0.29) is 32.5 Å². The number of carbonyl (C=O) groups is 1. The maximum atomic E-state index is 13.7. The van der Waals surface area contributed by atoms with Crippen LogP contribution < -0.4 is 11.1 Å². The number of alkyl halides is 5. The van der Waals surface area contributed by atoms with Gasteiger partial charge in [0.05, 0.1) is 35.3 Å². The topological polar surface area (TPSA) is 88.5 Å². The number of hydrogen-bond acceptors (Lipinski definition) is 4. The van der Waals surface area contributed by atoms with E-state index in [1.54, 1.807) is 12.3 Å². The van der Waals surface area contributed by atoms with Gasteiger partial charge >= 0.3 is 12.2 Å². The van der Waals surface area contributed by atoms with E-state index < -0.39 is 41.4 Å². The van der Waals surface area contributed by atoms with Crippen molar-refractivity contribution in [2.45, 2.75) is 51.4 Å². The molecule has 1 saturated heterocycles. The molecule has 7 nitrogen and oxygen atoms in total. The molecule has 0 radical (unpaired) electrons. The molecular formula is C20H25F5N6O. The summed E-state index contributed by atoms with van der Waals surface area (Å²) in [6.07, 6.45) is -1.34. The molecule has 176 valence electrons. The van der Waals surface area contributed by atoms with E-state index in [1.807, 2.05) is 0 Å². The third-order valence-corrected chi connectivity index (χ3v) is 6.54. The number of nitrogens with zero attached hydrogens (tertiary/aromatic N) is 4. The second-order valence-corrected chi connectivity index (χ2v) is 9.31. The maximum Gasteiger partial charge on any atom is 0.393 e. The Labute approximate surface area is 181 Å². The van der Waals surface area contributed by atoms with Gasteiger partial charge in [0.25, 0.3) is 5.92 Å². The molecule has 1 saturated carbocycles. The summed E-state index contributed by atoms with van der Waals surface area (Å²) in [6, 6.07) is 0.544. The van der Waals surface area contributed by atoms with Crippen molar-refractivity contribution in [3.05, 3.63) is 29.7 Å². The Morgan fingerprint density at radius 3 is 2.72 bits per heavy atom. The van der Waals surface area contributed by atoms with Crippen LogP contribution in [0.25, 0.3) is 5.65 Å². The summed E-state index contributed by atoms with van der Waals surface area (Å²) in [4.78, 5) is 17.9. The molecule has 2 aliphatic rings. The summed E-state index contributed by atoms with van der Waals surface area (Å²) >= 11 is 0. The highest BCUT2D eigenvalue weighted by Crippen LogP contribution is 2.55. The lowest BCUT2D eigenvalue weighted by atomic mass is 9.85. The largest absolute Gasteiger partial charge is 0.393 e. The minimum absolute atomic E-state index is 0.0447. The molecule has 1 aliphatic heterocycles. The first kappa shape index (κ1) is 22.7. The minimum atomic E-state index is -4.33. The summed E-state index contributed by atoms with van der Waals surface area (Å²) in [5, 5.41) is 6.74. The normalized spacial score (nSPS) is 24.1. The van der Waals surface area contributed by atoms with E-state index >= 15 is 0 Å². The van der Waals surface area contributed by atoms with Crippen LogP contribution in [0.3, 0.4) is 0 Å². The molecular weight excluding hydrogens is 435 g/mol. The zero-order valence-electron chi connectivity index (χ0n) is 17.7. The number of urea groups is 1. The molecule has 3 atom stereocenters. The molecule has 2 aromatic rings. The molecule has 12 heteroatoms. The molecule has 0 aromatic carbocycles. The third-order valence-electron chi connectivity index (χ3n) is 6.54. The van der Waals surface area contributed by atoms with Gasteiger partial charge in [0.2, 0.25) is 0 Å². The maximum absolute atomic E-state index is 13.7. The molecule has 1 aliphatic carbocycles. The Balaban J connectivity index is 1.44. The van der Waals surface area contributed by atoms with Crippen molar-refractivity contribution in [2.75, 3.05) is 13.1 Å². The van der Waals surface area contributed by atoms with Crippen LogP contribution in [0.2, 0.25) is 0 Å². The van der Waals surface area contributed by atoms with Crippen LogP contribution in [0.1, 0.15) is 44.0 Å². The van der Waals surface area contributed by atoms with Gasteiger partial charge in [-0.05, 0) is 24.5 Å². The van der Waals surface area contributed by atoms with Crippen LogP contribution in [0.15, 0.2) is 18.5 Å². The molecule has 32 heavy (non-hydrogen) atoms. The highest BCUT2D eigenvalue weighted by molar-refractivity contribution is 5.75. The second kappa shape index (κ2) is 7.53. The van der Waals surface area contributed by atoms with Gasteiger partial charge in [0, 0.05) is 25.7 Å². The smallest absolute Gasteiger partial charge is 0.337 e. The zero-order chi connectivity index (χ0) is 23.5. The Hall–Kier alpha value is -2.50. The molecule has 2 aromatic heterocycles. The van der Waals surface area contributed by atoms with Crippen LogP contribution in [-0.2, 0) is 6.54 Å². The predicted octanol–water partition coefficient (Wildman–Crippen LogP) is 3.50. The molecule has 0 bridgehead atoms. The Bertz CT molecular complexity index is 1020. The van der Waals surface area contributed by atoms with Crippen LogP contribution in [0.5, 0.6) is 0 Å². The average molecular weight is 460 g/mol. The van der Waals surface area contributed by atoms with Crippen molar-refractivity contribution in [1.82, 2.24) is 24.8 Å². The lowest BCUT2D eigenvalue weighted by molar-refractivity contribution is -0.214. The number of imidazole rings is 1. The van der Waals surface area contributed by atoms with Crippen molar-refractivity contribution in [3.8, 4) is 0 Å². The monoisotopic (exact) mass is 460 g/mol. The van der Waals surface area contributed by atoms with Crippen LogP contribution in [0.4, 0.5) is 26.7 Å². The van der Waals surface area contributed by atoms with E-state index in [1.165, 1.54) is 15.6 Å². The molecule has 4 rings (SSSR count). The van der Waals surface area contributed by atoms with E-state index in [2.05, 4.69) is 15.4 Å². The van der Waals surface area contributed by atoms with Crippen LogP contribution in [-0.4, -0.2) is 50.7 Å². The Morgan fingerprint density at radius 1 is 1.31 bits per heavy atom. The number of aromatic nitrogens is 3. The van der Waals surface area contributed by atoms with Crippen molar-refractivity contribution < 1.29 is 26.7 Å². The number of amides is 2. The van der Waals surface area contributed by atoms with Gasteiger partial charge in [-0.2, -0.15) is 18.3 Å². The van der Waals surface area contributed by atoms with Gasteiger partial charge in [-0.3, -0.25) is 0 Å². The number of carbonyl (C=O) groups excluding carboxylic acids is 1. The average Bonchev–Trinajstić information content (AvgIpc) is 3.03. The van der Waals surface area contributed by atoms with Crippen LogP contribution in [0, 0.1) is 17.3 Å². The van der Waals surface area contributed by atoms with Gasteiger partial charge < -0.3 is 16.0 Å². The number of rotatable bonds is 6. The van der Waals surface area contributed by atoms with E-state index in [0.717, 1.165) is 13.8 Å². The van der Waals surface area contributed by atoms with E-state index in [0.29, 0.717) is 16.9 Å². The molecule has 2 amide bonds. The second-order valence-electron chi connectivity index (χ2n) is 9.31. The SMILES string of the molecule is CC(C)(CC[C@H](N)c1cn2ncc(CN3CC4C(CNC3=O)C4(F)F)cc2n1)C(F)(F)F. The number of hydrogen-bond donors (Lipinski definition) is 2. The standard InChI is InChI=1S/C20H25F5N6O/c1-18(2,20(23,24)25)4-3-14(26)15-10-31-16(29-15)5-11(6-28-31)8-30-9-13-12(19(13,21)22)7-27-17(30)32/h5-6,10,12-14H,3-4,7-9,26H2,1-2H3,(H,27,32)/t12?,13?,14-/m0/s1. The van der Waals surface area contributed by atoms with Crippen molar-refractivity contribution in [3.63, 3.8) is 0 Å². The number of halogens is 5. The van der Waals surface area contributed by atoms with E-state index in [4.69, 9.17) is 5.73 Å². The fraction of sp³-hybridized carbons (Fsp3) is 0.650. The van der Waals surface area contributed by atoms with Crippen LogP contribution >= 0.6 is 0 Å². The van der Waals surface area contributed by atoms with Gasteiger partial charge in [-0.1, -0.05) is 13.8 Å². The minimum Gasteiger partial charge on any atom is -0.337 e. The highest BCUT2D eigenvalue weighted by atomic mass is 19.4. The van der Waals surface area contributed by atoms with Crippen molar-refractivity contribution in [1.29, 1.82) is 0 Å². The van der Waals surface area contributed by atoms with Gasteiger partial charge in [-0.15, -0.1) is 0 Å².